The standard InChI is InChI=1S/C17H10N2O3.C7H8/c20-15-9-10-16(21)19(15)12-7-5-11(6-8-12)17-18-13-3-1-2-4-14(13)22-17;1-7-5-3-2-4-6-7/h1-10H;2-6H,1H3. The van der Waals surface area contributed by atoms with E-state index in [9.17, 15) is 9.59 Å². The molecule has 1 aliphatic heterocycles. The lowest BCUT2D eigenvalue weighted by atomic mass is 10.2. The molecule has 29 heavy (non-hydrogen) atoms. The Bertz CT molecular complexity index is 1140. The van der Waals surface area contributed by atoms with Crippen molar-refractivity contribution in [2.24, 2.45) is 0 Å². The van der Waals surface area contributed by atoms with Crippen molar-refractivity contribution in [3.63, 3.8) is 0 Å². The van der Waals surface area contributed by atoms with E-state index in [0.717, 1.165) is 21.6 Å². The molecule has 5 nitrogen and oxygen atoms in total. The van der Waals surface area contributed by atoms with E-state index >= 15 is 0 Å². The normalized spacial score (nSPS) is 12.9. The molecule has 0 spiro atoms. The minimum absolute atomic E-state index is 0.334. The summed E-state index contributed by atoms with van der Waals surface area (Å²) in [5.74, 6) is -0.163. The van der Waals surface area contributed by atoms with Gasteiger partial charge in [0.2, 0.25) is 5.89 Å². The molecule has 3 aromatic carbocycles. The van der Waals surface area contributed by atoms with Crippen LogP contribution in [0.1, 0.15) is 5.56 Å². The van der Waals surface area contributed by atoms with E-state index in [2.05, 4.69) is 24.0 Å². The predicted octanol–water partition coefficient (Wildman–Crippen LogP) is 4.92. The molecular weight excluding hydrogens is 364 g/mol. The second kappa shape index (κ2) is 7.94. The van der Waals surface area contributed by atoms with E-state index in [4.69, 9.17) is 4.42 Å². The first-order chi connectivity index (χ1) is 14.1. The van der Waals surface area contributed by atoms with E-state index in [1.165, 1.54) is 17.7 Å². The third-order valence-electron chi connectivity index (χ3n) is 4.42. The molecule has 0 radical (unpaired) electrons. The van der Waals surface area contributed by atoms with E-state index in [-0.39, 0.29) is 11.8 Å². The van der Waals surface area contributed by atoms with Gasteiger partial charge in [0, 0.05) is 17.7 Å². The number of para-hydroxylation sites is 2. The number of rotatable bonds is 2. The summed E-state index contributed by atoms with van der Waals surface area (Å²) in [7, 11) is 0. The molecule has 142 valence electrons. The minimum atomic E-state index is -0.334. The second-order valence-electron chi connectivity index (χ2n) is 6.53. The summed E-state index contributed by atoms with van der Waals surface area (Å²) < 4.78 is 5.69. The molecule has 0 saturated carbocycles. The summed E-state index contributed by atoms with van der Waals surface area (Å²) in [5, 5.41) is 0. The van der Waals surface area contributed by atoms with Crippen molar-refractivity contribution in [1.29, 1.82) is 0 Å². The van der Waals surface area contributed by atoms with Crippen molar-refractivity contribution in [3.05, 3.63) is 96.6 Å². The van der Waals surface area contributed by atoms with Gasteiger partial charge in [0.05, 0.1) is 5.69 Å². The number of benzene rings is 3. The third-order valence-corrected chi connectivity index (χ3v) is 4.42. The number of aryl methyl sites for hydroxylation is 1. The van der Waals surface area contributed by atoms with Gasteiger partial charge in [0.25, 0.3) is 11.8 Å². The number of oxazole rings is 1. The van der Waals surface area contributed by atoms with Crippen molar-refractivity contribution in [3.8, 4) is 11.5 Å². The first-order valence-corrected chi connectivity index (χ1v) is 9.15. The van der Waals surface area contributed by atoms with Gasteiger partial charge >= 0.3 is 0 Å². The Kier molecular flexibility index (Phi) is 5.03. The van der Waals surface area contributed by atoms with Gasteiger partial charge in [0.1, 0.15) is 5.52 Å². The number of aromatic nitrogens is 1. The predicted molar refractivity (Wildman–Crippen MR) is 112 cm³/mol. The number of fused-ring (bicyclic) bond motifs is 1. The Morgan fingerprint density at radius 2 is 1.38 bits per heavy atom. The molecule has 2 heterocycles. The van der Waals surface area contributed by atoms with Crippen LogP contribution in [0.15, 0.2) is 95.4 Å². The fourth-order valence-electron chi connectivity index (χ4n) is 2.94. The number of anilines is 1. The van der Waals surface area contributed by atoms with E-state index in [1.54, 1.807) is 24.3 Å². The number of imide groups is 1. The van der Waals surface area contributed by atoms with Crippen molar-refractivity contribution in [2.75, 3.05) is 4.90 Å². The van der Waals surface area contributed by atoms with Gasteiger partial charge in [-0.1, -0.05) is 48.0 Å². The molecule has 5 heteroatoms. The third kappa shape index (κ3) is 3.99. The van der Waals surface area contributed by atoms with Gasteiger partial charge in [-0.25, -0.2) is 9.88 Å². The molecule has 0 saturated heterocycles. The summed E-state index contributed by atoms with van der Waals surface area (Å²) in [6.45, 7) is 2.08. The zero-order valence-corrected chi connectivity index (χ0v) is 15.8. The lowest BCUT2D eigenvalue weighted by molar-refractivity contribution is -0.119. The Morgan fingerprint density at radius 1 is 0.759 bits per heavy atom. The average Bonchev–Trinajstić information content (AvgIpc) is 3.32. The lowest BCUT2D eigenvalue weighted by Crippen LogP contribution is -2.29. The van der Waals surface area contributed by atoms with Crippen LogP contribution in [0, 0.1) is 6.92 Å². The Balaban J connectivity index is 0.000000249. The number of carbonyl (C=O) groups excluding carboxylic acids is 2. The van der Waals surface area contributed by atoms with Gasteiger partial charge in [-0.2, -0.15) is 0 Å². The fourth-order valence-corrected chi connectivity index (χ4v) is 2.94. The SMILES string of the molecule is Cc1ccccc1.O=C1C=CC(=O)N1c1ccc(-c2nc3ccccc3o2)cc1. The van der Waals surface area contributed by atoms with Crippen LogP contribution < -0.4 is 4.90 Å². The van der Waals surface area contributed by atoms with Crippen LogP contribution in [0.2, 0.25) is 0 Å². The van der Waals surface area contributed by atoms with Crippen molar-refractivity contribution < 1.29 is 14.0 Å². The van der Waals surface area contributed by atoms with Crippen LogP contribution in [0.5, 0.6) is 0 Å². The highest BCUT2D eigenvalue weighted by molar-refractivity contribution is 6.28. The monoisotopic (exact) mass is 382 g/mol. The quantitative estimate of drug-likeness (QED) is 0.462. The lowest BCUT2D eigenvalue weighted by Gasteiger charge is -2.13. The summed E-state index contributed by atoms with van der Waals surface area (Å²) >= 11 is 0. The van der Waals surface area contributed by atoms with Gasteiger partial charge in [-0.05, 0) is 43.3 Å². The molecule has 5 rings (SSSR count). The number of amides is 2. The van der Waals surface area contributed by atoms with Crippen LogP contribution in [0.3, 0.4) is 0 Å². The summed E-state index contributed by atoms with van der Waals surface area (Å²) in [4.78, 5) is 28.8. The Morgan fingerprint density at radius 3 is 1.97 bits per heavy atom. The molecule has 0 fully saturated rings. The summed E-state index contributed by atoms with van der Waals surface area (Å²) in [5.41, 5.74) is 4.14. The first-order valence-electron chi connectivity index (χ1n) is 9.15. The summed E-state index contributed by atoms with van der Waals surface area (Å²) in [6, 6.07) is 24.7. The zero-order valence-electron chi connectivity index (χ0n) is 15.8. The van der Waals surface area contributed by atoms with Crippen molar-refractivity contribution >= 4 is 28.6 Å². The van der Waals surface area contributed by atoms with E-state index in [0.29, 0.717) is 11.6 Å². The fraction of sp³-hybridized carbons (Fsp3) is 0.0417. The molecule has 2 amide bonds. The molecule has 0 aliphatic carbocycles. The van der Waals surface area contributed by atoms with Crippen LogP contribution in [-0.4, -0.2) is 16.8 Å². The number of carbonyl (C=O) groups is 2. The van der Waals surface area contributed by atoms with Crippen molar-refractivity contribution in [2.45, 2.75) is 6.92 Å². The van der Waals surface area contributed by atoms with Gasteiger partial charge in [0.15, 0.2) is 5.58 Å². The van der Waals surface area contributed by atoms with Gasteiger partial charge in [-0.3, -0.25) is 9.59 Å². The maximum atomic E-state index is 11.6. The first kappa shape index (κ1) is 18.4. The molecule has 0 unspecified atom stereocenters. The largest absolute Gasteiger partial charge is 0.436 e. The Labute approximate surface area is 167 Å². The van der Waals surface area contributed by atoms with Crippen LogP contribution in [0.4, 0.5) is 5.69 Å². The summed E-state index contributed by atoms with van der Waals surface area (Å²) in [6.07, 6.45) is 2.52. The average molecular weight is 382 g/mol. The van der Waals surface area contributed by atoms with E-state index in [1.807, 2.05) is 42.5 Å². The number of hydrogen-bond donors (Lipinski definition) is 0. The molecule has 1 aromatic heterocycles. The van der Waals surface area contributed by atoms with Crippen molar-refractivity contribution in [1.82, 2.24) is 4.98 Å². The molecule has 1 aliphatic rings. The van der Waals surface area contributed by atoms with Crippen LogP contribution >= 0.6 is 0 Å². The molecular formula is C24H18N2O3. The van der Waals surface area contributed by atoms with Crippen LogP contribution in [-0.2, 0) is 9.59 Å². The molecule has 0 atom stereocenters. The molecule has 0 bridgehead atoms. The number of hydrogen-bond acceptors (Lipinski definition) is 4. The minimum Gasteiger partial charge on any atom is -0.436 e. The smallest absolute Gasteiger partial charge is 0.258 e. The maximum Gasteiger partial charge on any atom is 0.258 e. The number of nitrogens with zero attached hydrogens (tertiary/aromatic N) is 2. The van der Waals surface area contributed by atoms with Gasteiger partial charge < -0.3 is 4.42 Å². The highest BCUT2D eigenvalue weighted by Crippen LogP contribution is 2.27. The van der Waals surface area contributed by atoms with Gasteiger partial charge in [-0.15, -0.1) is 0 Å². The highest BCUT2D eigenvalue weighted by atomic mass is 16.3. The van der Waals surface area contributed by atoms with Crippen LogP contribution in [0.25, 0.3) is 22.6 Å². The molecule has 4 aromatic rings. The maximum absolute atomic E-state index is 11.6. The topological polar surface area (TPSA) is 63.4 Å². The second-order valence-corrected chi connectivity index (χ2v) is 6.53. The zero-order chi connectivity index (χ0) is 20.2. The highest BCUT2D eigenvalue weighted by Gasteiger charge is 2.25. The van der Waals surface area contributed by atoms with E-state index < -0.39 is 0 Å². The Hall–Kier alpha value is -3.99. The molecule has 0 N–H and O–H groups in total.